The molecule has 0 atom stereocenters. The first kappa shape index (κ1) is 11.7. The quantitative estimate of drug-likeness (QED) is 0.850. The van der Waals surface area contributed by atoms with Gasteiger partial charge in [-0.1, -0.05) is 18.2 Å². The number of hydrogen-bond donors (Lipinski definition) is 1. The van der Waals surface area contributed by atoms with Gasteiger partial charge in [-0.15, -0.1) is 0 Å². The van der Waals surface area contributed by atoms with Crippen molar-refractivity contribution in [3.05, 3.63) is 41.0 Å². The number of benzene rings is 1. The van der Waals surface area contributed by atoms with Crippen LogP contribution in [-0.2, 0) is 4.79 Å². The second-order valence-electron chi connectivity index (χ2n) is 4.45. The number of nitrogens with zero attached hydrogens (tertiary/aromatic N) is 1. The first-order chi connectivity index (χ1) is 8.09. The minimum absolute atomic E-state index is 0.534. The van der Waals surface area contributed by atoms with E-state index in [1.54, 1.807) is 0 Å². The molecule has 0 saturated heterocycles. The van der Waals surface area contributed by atoms with Gasteiger partial charge in [0.15, 0.2) is 0 Å². The van der Waals surface area contributed by atoms with Crippen LogP contribution in [0.3, 0.4) is 0 Å². The van der Waals surface area contributed by atoms with E-state index >= 15 is 0 Å². The molecule has 17 heavy (non-hydrogen) atoms. The maximum Gasteiger partial charge on any atom is 0.331 e. The number of anilines is 1. The van der Waals surface area contributed by atoms with Gasteiger partial charge in [0.2, 0.25) is 0 Å². The van der Waals surface area contributed by atoms with Gasteiger partial charge >= 0.3 is 5.97 Å². The van der Waals surface area contributed by atoms with Crippen molar-refractivity contribution in [2.75, 3.05) is 18.0 Å². The van der Waals surface area contributed by atoms with Gasteiger partial charge in [0.05, 0.1) is 0 Å². The van der Waals surface area contributed by atoms with Crippen LogP contribution in [0.15, 0.2) is 29.8 Å². The van der Waals surface area contributed by atoms with Crippen molar-refractivity contribution in [3.8, 4) is 0 Å². The lowest BCUT2D eigenvalue weighted by Crippen LogP contribution is -2.30. The molecule has 3 heteroatoms. The molecule has 0 fully saturated rings. The van der Waals surface area contributed by atoms with E-state index in [2.05, 4.69) is 30.9 Å². The topological polar surface area (TPSA) is 40.5 Å². The van der Waals surface area contributed by atoms with Crippen LogP contribution >= 0.6 is 0 Å². The van der Waals surface area contributed by atoms with Crippen molar-refractivity contribution in [2.24, 2.45) is 0 Å². The molecular formula is C14H17NO2. The van der Waals surface area contributed by atoms with Gasteiger partial charge in [0.1, 0.15) is 0 Å². The molecule has 1 aliphatic rings. The van der Waals surface area contributed by atoms with Crippen LogP contribution in [0.1, 0.15) is 17.5 Å². The van der Waals surface area contributed by atoms with Crippen molar-refractivity contribution in [1.82, 2.24) is 0 Å². The Morgan fingerprint density at radius 1 is 1.35 bits per heavy atom. The fourth-order valence-electron chi connectivity index (χ4n) is 2.16. The summed E-state index contributed by atoms with van der Waals surface area (Å²) >= 11 is 0. The number of aliphatic carboxylic acids is 1. The Hall–Kier alpha value is -1.77. The highest BCUT2D eigenvalue weighted by Gasteiger charge is 2.17. The maximum absolute atomic E-state index is 10.8. The summed E-state index contributed by atoms with van der Waals surface area (Å²) in [4.78, 5) is 13.1. The van der Waals surface area contributed by atoms with E-state index in [1.807, 2.05) is 12.1 Å². The maximum atomic E-state index is 10.8. The van der Waals surface area contributed by atoms with Gasteiger partial charge in [-0.3, -0.25) is 0 Å². The van der Waals surface area contributed by atoms with Crippen molar-refractivity contribution in [1.29, 1.82) is 0 Å². The molecule has 0 saturated carbocycles. The van der Waals surface area contributed by atoms with Gasteiger partial charge in [-0.05, 0) is 37.5 Å². The SMILES string of the molecule is Cc1cccc(N2CC=C(C(=O)O)CC2)c1C. The van der Waals surface area contributed by atoms with Crippen LogP contribution in [-0.4, -0.2) is 24.2 Å². The van der Waals surface area contributed by atoms with Crippen molar-refractivity contribution >= 4 is 11.7 Å². The minimum atomic E-state index is -0.786. The number of carboxylic acids is 1. The number of carbonyl (C=O) groups is 1. The lowest BCUT2D eigenvalue weighted by molar-refractivity contribution is -0.132. The third-order valence-electron chi connectivity index (χ3n) is 3.40. The van der Waals surface area contributed by atoms with E-state index < -0.39 is 5.97 Å². The Kier molecular flexibility index (Phi) is 3.18. The summed E-state index contributed by atoms with van der Waals surface area (Å²) in [6.45, 7) is 5.68. The molecule has 0 radical (unpaired) electrons. The number of carboxylic acid groups (broad SMARTS) is 1. The van der Waals surface area contributed by atoms with E-state index in [4.69, 9.17) is 5.11 Å². The summed E-state index contributed by atoms with van der Waals surface area (Å²) in [6.07, 6.45) is 2.43. The summed E-state index contributed by atoms with van der Waals surface area (Å²) in [5.74, 6) is -0.786. The Labute approximate surface area is 101 Å². The molecule has 0 unspecified atom stereocenters. The first-order valence-corrected chi connectivity index (χ1v) is 5.83. The highest BCUT2D eigenvalue weighted by atomic mass is 16.4. The normalized spacial score (nSPS) is 15.6. The molecule has 1 aromatic rings. The molecule has 0 bridgehead atoms. The zero-order chi connectivity index (χ0) is 12.4. The smallest absolute Gasteiger partial charge is 0.331 e. The molecule has 0 spiro atoms. The largest absolute Gasteiger partial charge is 0.478 e. The van der Waals surface area contributed by atoms with Crippen molar-refractivity contribution < 1.29 is 9.90 Å². The third kappa shape index (κ3) is 2.33. The molecule has 1 N–H and O–H groups in total. The molecule has 1 aromatic carbocycles. The molecule has 0 aliphatic carbocycles. The van der Waals surface area contributed by atoms with E-state index in [0.717, 1.165) is 6.54 Å². The fraction of sp³-hybridized carbons (Fsp3) is 0.357. The predicted molar refractivity (Wildman–Crippen MR) is 68.5 cm³/mol. The van der Waals surface area contributed by atoms with Gasteiger partial charge in [-0.25, -0.2) is 4.79 Å². The van der Waals surface area contributed by atoms with Gasteiger partial charge in [0.25, 0.3) is 0 Å². The molecule has 90 valence electrons. The number of aryl methyl sites for hydroxylation is 1. The zero-order valence-corrected chi connectivity index (χ0v) is 10.2. The van der Waals surface area contributed by atoms with E-state index in [0.29, 0.717) is 18.5 Å². The summed E-state index contributed by atoms with van der Waals surface area (Å²) in [6, 6.07) is 6.25. The Morgan fingerprint density at radius 3 is 2.71 bits per heavy atom. The third-order valence-corrected chi connectivity index (χ3v) is 3.40. The van der Waals surface area contributed by atoms with E-state index in [1.165, 1.54) is 16.8 Å². The number of hydrogen-bond acceptors (Lipinski definition) is 2. The van der Waals surface area contributed by atoms with Crippen LogP contribution in [0.4, 0.5) is 5.69 Å². The molecular weight excluding hydrogens is 214 g/mol. The highest BCUT2D eigenvalue weighted by Crippen LogP contribution is 2.25. The van der Waals surface area contributed by atoms with Gasteiger partial charge < -0.3 is 10.0 Å². The molecule has 0 amide bonds. The van der Waals surface area contributed by atoms with Crippen molar-refractivity contribution in [3.63, 3.8) is 0 Å². The van der Waals surface area contributed by atoms with Crippen LogP contribution in [0.5, 0.6) is 0 Å². The van der Waals surface area contributed by atoms with Gasteiger partial charge in [-0.2, -0.15) is 0 Å². The van der Waals surface area contributed by atoms with Crippen LogP contribution in [0.2, 0.25) is 0 Å². The monoisotopic (exact) mass is 231 g/mol. The summed E-state index contributed by atoms with van der Waals surface area (Å²) < 4.78 is 0. The molecule has 0 aromatic heterocycles. The van der Waals surface area contributed by atoms with Crippen LogP contribution in [0, 0.1) is 13.8 Å². The molecule has 1 heterocycles. The van der Waals surface area contributed by atoms with Crippen LogP contribution < -0.4 is 4.90 Å². The predicted octanol–water partition coefficient (Wildman–Crippen LogP) is 2.52. The molecule has 3 nitrogen and oxygen atoms in total. The van der Waals surface area contributed by atoms with Crippen molar-refractivity contribution in [2.45, 2.75) is 20.3 Å². The highest BCUT2D eigenvalue weighted by molar-refractivity contribution is 5.87. The standard InChI is InChI=1S/C14H17NO2/c1-10-4-3-5-13(11(10)2)15-8-6-12(7-9-15)14(16)17/h3-6H,7-9H2,1-2H3,(H,16,17). The lowest BCUT2D eigenvalue weighted by Gasteiger charge is -2.29. The fourth-order valence-corrected chi connectivity index (χ4v) is 2.16. The van der Waals surface area contributed by atoms with E-state index in [-0.39, 0.29) is 0 Å². The number of rotatable bonds is 2. The first-order valence-electron chi connectivity index (χ1n) is 5.83. The molecule has 1 aliphatic heterocycles. The van der Waals surface area contributed by atoms with Crippen LogP contribution in [0.25, 0.3) is 0 Å². The Bertz CT molecular complexity index is 477. The molecule has 2 rings (SSSR count). The second-order valence-corrected chi connectivity index (χ2v) is 4.45. The summed E-state index contributed by atoms with van der Waals surface area (Å²) in [5.41, 5.74) is 4.30. The zero-order valence-electron chi connectivity index (χ0n) is 10.2. The average molecular weight is 231 g/mol. The Balaban J connectivity index is 2.21. The van der Waals surface area contributed by atoms with E-state index in [9.17, 15) is 4.79 Å². The summed E-state index contributed by atoms with van der Waals surface area (Å²) in [5, 5.41) is 8.91. The summed E-state index contributed by atoms with van der Waals surface area (Å²) in [7, 11) is 0. The van der Waals surface area contributed by atoms with Gasteiger partial charge in [0, 0.05) is 24.4 Å². The minimum Gasteiger partial charge on any atom is -0.478 e. The average Bonchev–Trinajstić information content (AvgIpc) is 2.33. The lowest BCUT2D eigenvalue weighted by atomic mass is 10.0. The Morgan fingerprint density at radius 2 is 2.12 bits per heavy atom. The second kappa shape index (κ2) is 4.62.